The Balaban J connectivity index is 2.54. The highest BCUT2D eigenvalue weighted by molar-refractivity contribution is 7.92. The second-order valence-electron chi connectivity index (χ2n) is 7.49. The summed E-state index contributed by atoms with van der Waals surface area (Å²) in [4.78, 5) is 12.3. The minimum Gasteiger partial charge on any atom is -0.493 e. The lowest BCUT2D eigenvalue weighted by Gasteiger charge is -2.18. The third-order valence-corrected chi connectivity index (χ3v) is 7.12. The van der Waals surface area contributed by atoms with E-state index >= 15 is 0 Å². The van der Waals surface area contributed by atoms with E-state index in [0.717, 1.165) is 12.0 Å². The van der Waals surface area contributed by atoms with Gasteiger partial charge in [-0.15, -0.1) is 0 Å². The van der Waals surface area contributed by atoms with Crippen LogP contribution in [-0.4, -0.2) is 46.0 Å². The van der Waals surface area contributed by atoms with Crippen LogP contribution in [0.5, 0.6) is 17.2 Å². The number of rotatable bonds is 11. The fourth-order valence-electron chi connectivity index (χ4n) is 2.65. The van der Waals surface area contributed by atoms with Crippen molar-refractivity contribution in [2.24, 2.45) is 0 Å². The summed E-state index contributed by atoms with van der Waals surface area (Å²) in [5.74, 6) is 1.80. The average molecular weight is 401 g/mol. The van der Waals surface area contributed by atoms with Gasteiger partial charge in [-0.05, 0) is 51.3 Å². The molecule has 7 heteroatoms. The van der Waals surface area contributed by atoms with Gasteiger partial charge in [0, 0.05) is 12.8 Å². The Morgan fingerprint density at radius 1 is 0.926 bits per heavy atom. The van der Waals surface area contributed by atoms with Gasteiger partial charge in [-0.2, -0.15) is 0 Å². The Morgan fingerprint density at radius 3 is 1.93 bits per heavy atom. The summed E-state index contributed by atoms with van der Waals surface area (Å²) in [6.45, 7) is 5.13. The highest BCUT2D eigenvalue weighted by Gasteiger charge is 2.27. The first kappa shape index (κ1) is 23.3. The summed E-state index contributed by atoms with van der Waals surface area (Å²) in [6, 6.07) is 3.55. The molecule has 6 nitrogen and oxygen atoms in total. The number of methoxy groups -OCH3 is 3. The molecule has 0 saturated heterocycles. The second-order valence-corrected chi connectivity index (χ2v) is 10.4. The molecule has 0 heterocycles. The molecule has 1 rings (SSSR count). The monoisotopic (exact) mass is 400 g/mol. The van der Waals surface area contributed by atoms with E-state index in [9.17, 15) is 13.2 Å². The van der Waals surface area contributed by atoms with Crippen LogP contribution in [-0.2, 0) is 21.1 Å². The fourth-order valence-corrected chi connectivity index (χ4v) is 3.85. The molecule has 0 radical (unpaired) electrons. The summed E-state index contributed by atoms with van der Waals surface area (Å²) in [5.41, 5.74) is 0.796. The summed E-state index contributed by atoms with van der Waals surface area (Å²) in [6.07, 6.45) is 2.68. The van der Waals surface area contributed by atoms with Gasteiger partial charge in [0.05, 0.1) is 31.8 Å². The molecule has 0 N–H and O–H groups in total. The first-order chi connectivity index (χ1) is 12.6. The Morgan fingerprint density at radius 2 is 1.48 bits per heavy atom. The van der Waals surface area contributed by atoms with Gasteiger partial charge in [0.1, 0.15) is 5.78 Å². The lowest BCUT2D eigenvalue weighted by Crippen LogP contribution is -2.30. The number of ether oxygens (including phenoxy) is 3. The molecular formula is C20H32O6S. The molecule has 0 spiro atoms. The van der Waals surface area contributed by atoms with Crippen LogP contribution in [0.1, 0.15) is 52.0 Å². The highest BCUT2D eigenvalue weighted by Crippen LogP contribution is 2.38. The van der Waals surface area contributed by atoms with Crippen LogP contribution in [0.2, 0.25) is 0 Å². The molecule has 1 aromatic rings. The van der Waals surface area contributed by atoms with Gasteiger partial charge < -0.3 is 14.2 Å². The van der Waals surface area contributed by atoms with Crippen molar-refractivity contribution < 1.29 is 27.4 Å². The van der Waals surface area contributed by atoms with E-state index < -0.39 is 14.6 Å². The third-order valence-electron chi connectivity index (χ3n) is 4.43. The van der Waals surface area contributed by atoms with E-state index in [1.807, 2.05) is 0 Å². The molecule has 1 aromatic carbocycles. The summed E-state index contributed by atoms with van der Waals surface area (Å²) >= 11 is 0. The summed E-state index contributed by atoms with van der Waals surface area (Å²) in [7, 11) is 1.51. The van der Waals surface area contributed by atoms with Gasteiger partial charge in [0.25, 0.3) is 0 Å². The van der Waals surface area contributed by atoms with Crippen LogP contribution >= 0.6 is 0 Å². The Bertz CT molecular complexity index is 706. The quantitative estimate of drug-likeness (QED) is 0.528. The zero-order valence-electron chi connectivity index (χ0n) is 17.3. The number of benzene rings is 1. The maximum absolute atomic E-state index is 12.3. The topological polar surface area (TPSA) is 78.9 Å². The third kappa shape index (κ3) is 6.72. The maximum Gasteiger partial charge on any atom is 0.203 e. The Kier molecular flexibility index (Phi) is 8.59. The van der Waals surface area contributed by atoms with E-state index in [1.165, 1.54) is 21.3 Å². The molecule has 0 aliphatic heterocycles. The molecule has 27 heavy (non-hydrogen) atoms. The largest absolute Gasteiger partial charge is 0.493 e. The van der Waals surface area contributed by atoms with Crippen molar-refractivity contribution in [3.63, 3.8) is 0 Å². The lowest BCUT2D eigenvalue weighted by atomic mass is 10.0. The first-order valence-corrected chi connectivity index (χ1v) is 10.7. The normalized spacial score (nSPS) is 11.9. The van der Waals surface area contributed by atoms with E-state index in [-0.39, 0.29) is 18.0 Å². The SMILES string of the molecule is COc1cc(CC(=O)CCCCCS(=O)(=O)C(C)(C)C)cc(OC)c1OC. The molecule has 0 saturated carbocycles. The van der Waals surface area contributed by atoms with Crippen molar-refractivity contribution in [3.05, 3.63) is 17.7 Å². The van der Waals surface area contributed by atoms with Crippen molar-refractivity contribution in [3.8, 4) is 17.2 Å². The number of sulfone groups is 1. The zero-order valence-corrected chi connectivity index (χ0v) is 18.1. The van der Waals surface area contributed by atoms with Crippen LogP contribution in [0.15, 0.2) is 12.1 Å². The Labute approximate surface area is 163 Å². The number of hydrogen-bond donors (Lipinski definition) is 0. The van der Waals surface area contributed by atoms with E-state index in [2.05, 4.69) is 0 Å². The number of carbonyl (C=O) groups is 1. The maximum atomic E-state index is 12.3. The van der Waals surface area contributed by atoms with Crippen LogP contribution in [0.25, 0.3) is 0 Å². The molecule has 0 aromatic heterocycles. The number of hydrogen-bond acceptors (Lipinski definition) is 6. The Hall–Kier alpha value is -1.76. The molecule has 0 atom stereocenters. The van der Waals surface area contributed by atoms with Gasteiger partial charge in [-0.3, -0.25) is 4.79 Å². The molecule has 0 bridgehead atoms. The van der Waals surface area contributed by atoms with Crippen molar-refractivity contribution in [1.29, 1.82) is 0 Å². The van der Waals surface area contributed by atoms with Crippen molar-refractivity contribution in [2.45, 2.75) is 57.6 Å². The summed E-state index contributed by atoms with van der Waals surface area (Å²) < 4.78 is 39.3. The standard InChI is InChI=1S/C20H32O6S/c1-20(2,3)27(22,23)11-9-7-8-10-16(21)12-15-13-17(24-4)19(26-6)18(14-15)25-5/h13-14H,7-12H2,1-6H3. The van der Waals surface area contributed by atoms with Crippen molar-refractivity contribution in [1.82, 2.24) is 0 Å². The van der Waals surface area contributed by atoms with Gasteiger partial charge in [-0.1, -0.05) is 6.42 Å². The zero-order chi connectivity index (χ0) is 20.7. The van der Waals surface area contributed by atoms with E-state index in [1.54, 1.807) is 32.9 Å². The summed E-state index contributed by atoms with van der Waals surface area (Å²) in [5, 5.41) is 0. The average Bonchev–Trinajstić information content (AvgIpc) is 2.59. The number of unbranched alkanes of at least 4 members (excludes halogenated alkanes) is 2. The molecule has 0 unspecified atom stereocenters. The molecule has 0 aliphatic carbocycles. The molecule has 154 valence electrons. The predicted octanol–water partition coefficient (Wildman–Crippen LogP) is 3.60. The van der Waals surface area contributed by atoms with Gasteiger partial charge in [0.2, 0.25) is 5.75 Å². The minimum atomic E-state index is -3.09. The highest BCUT2D eigenvalue weighted by atomic mass is 32.2. The molecule has 0 aliphatic rings. The van der Waals surface area contributed by atoms with Crippen LogP contribution in [0.4, 0.5) is 0 Å². The number of ketones is 1. The molecular weight excluding hydrogens is 368 g/mol. The van der Waals surface area contributed by atoms with Gasteiger partial charge in [-0.25, -0.2) is 8.42 Å². The van der Waals surface area contributed by atoms with Crippen molar-refractivity contribution >= 4 is 15.6 Å². The molecule has 0 fully saturated rings. The fraction of sp³-hybridized carbons (Fsp3) is 0.650. The van der Waals surface area contributed by atoms with E-state index in [0.29, 0.717) is 36.5 Å². The second kappa shape index (κ2) is 9.97. The van der Waals surface area contributed by atoms with Gasteiger partial charge >= 0.3 is 0 Å². The number of Topliss-reactive ketones (excluding diaryl/α,β-unsaturated/α-hetero) is 1. The molecule has 0 amide bonds. The van der Waals surface area contributed by atoms with Gasteiger partial charge in [0.15, 0.2) is 21.3 Å². The van der Waals surface area contributed by atoms with Crippen molar-refractivity contribution in [2.75, 3.05) is 27.1 Å². The predicted molar refractivity (Wildman–Crippen MR) is 107 cm³/mol. The van der Waals surface area contributed by atoms with Crippen LogP contribution < -0.4 is 14.2 Å². The minimum absolute atomic E-state index is 0.1000. The smallest absolute Gasteiger partial charge is 0.203 e. The number of carbonyl (C=O) groups excluding carboxylic acids is 1. The lowest BCUT2D eigenvalue weighted by molar-refractivity contribution is -0.118. The van der Waals surface area contributed by atoms with Crippen LogP contribution in [0.3, 0.4) is 0 Å². The first-order valence-electron chi connectivity index (χ1n) is 9.08. The van der Waals surface area contributed by atoms with Crippen LogP contribution in [0, 0.1) is 0 Å². The van der Waals surface area contributed by atoms with E-state index in [4.69, 9.17) is 14.2 Å².